The Morgan fingerprint density at radius 2 is 1.84 bits per heavy atom. The van der Waals surface area contributed by atoms with Gasteiger partial charge in [0.2, 0.25) is 0 Å². The van der Waals surface area contributed by atoms with Crippen LogP contribution in [0, 0.1) is 11.8 Å². The molecule has 1 aliphatic carbocycles. The maximum atomic E-state index is 12.4. The molecule has 0 saturated heterocycles. The van der Waals surface area contributed by atoms with Crippen molar-refractivity contribution in [2.24, 2.45) is 11.8 Å². The minimum atomic E-state index is -1.03. The molecule has 1 aliphatic rings. The fourth-order valence-corrected chi connectivity index (χ4v) is 3.79. The van der Waals surface area contributed by atoms with Crippen LogP contribution >= 0.6 is 0 Å². The maximum Gasteiger partial charge on any atom is 0.185 e. The van der Waals surface area contributed by atoms with E-state index in [-0.39, 0.29) is 24.1 Å². The minimum Gasteiger partial charge on any atom is -0.365 e. The molecule has 0 radical (unpaired) electrons. The molecule has 0 heterocycles. The molecule has 1 saturated carbocycles. The zero-order valence-electron chi connectivity index (χ0n) is 18.8. The van der Waals surface area contributed by atoms with Gasteiger partial charge < -0.3 is 9.84 Å². The highest BCUT2D eigenvalue weighted by Crippen LogP contribution is 2.24. The monoisotopic (exact) mass is 424 g/mol. The number of rotatable bonds is 12. The molecule has 0 bridgehead atoms. The molecule has 0 spiro atoms. The zero-order valence-corrected chi connectivity index (χ0v) is 18.8. The molecule has 4 heteroatoms. The van der Waals surface area contributed by atoms with Crippen LogP contribution in [0.1, 0.15) is 74.7 Å². The molecule has 168 valence electrons. The van der Waals surface area contributed by atoms with Crippen molar-refractivity contribution in [2.75, 3.05) is 0 Å². The van der Waals surface area contributed by atoms with Crippen molar-refractivity contribution in [3.63, 3.8) is 0 Å². The molecule has 0 amide bonds. The topological polar surface area (TPSA) is 63.6 Å². The molecule has 1 aromatic carbocycles. The van der Waals surface area contributed by atoms with Crippen LogP contribution in [0.3, 0.4) is 0 Å². The van der Waals surface area contributed by atoms with Gasteiger partial charge in [-0.2, -0.15) is 0 Å². The number of hydrogen-bond donors (Lipinski definition) is 1. The molecule has 2 unspecified atom stereocenters. The molecule has 1 N–H and O–H groups in total. The highest BCUT2D eigenvalue weighted by molar-refractivity contribution is 6.04. The number of ether oxygens (including phenoxy) is 1. The summed E-state index contributed by atoms with van der Waals surface area (Å²) in [5, 5.41) is 10.0. The normalized spacial score (nSPS) is 17.5. The third kappa shape index (κ3) is 9.16. The lowest BCUT2D eigenvalue weighted by atomic mass is 9.89. The van der Waals surface area contributed by atoms with Gasteiger partial charge in [-0.25, -0.2) is 0 Å². The Hall–Kier alpha value is -2.30. The molecule has 1 aromatic rings. The molecular weight excluding hydrogens is 388 g/mol. The van der Waals surface area contributed by atoms with Crippen molar-refractivity contribution in [2.45, 2.75) is 71.7 Å². The Morgan fingerprint density at radius 3 is 2.48 bits per heavy atom. The average molecular weight is 425 g/mol. The van der Waals surface area contributed by atoms with Crippen molar-refractivity contribution < 1.29 is 19.4 Å². The standard InChI is InChI=1S/C27H36O4/c1-3-9-25(28)23(4-2)12-8-13-27(30)31-20-22-14-17-24(18-15-22)26(29)19-16-21-10-6-5-7-11-21/h3,8-9,13-19,21,23,27,30H,4-7,10-12,20H2,1-2H3. The number of allylic oxidation sites excluding steroid dienone is 5. The van der Waals surface area contributed by atoms with Crippen LogP contribution in [0.15, 0.2) is 60.7 Å². The van der Waals surface area contributed by atoms with Gasteiger partial charge in [0.25, 0.3) is 0 Å². The zero-order chi connectivity index (χ0) is 22.5. The number of carbonyl (C=O) groups is 2. The molecule has 4 nitrogen and oxygen atoms in total. The molecule has 2 rings (SSSR count). The van der Waals surface area contributed by atoms with Crippen molar-refractivity contribution >= 4 is 11.6 Å². The SMILES string of the molecule is CC=CC(=O)C(CC)CC=CC(O)OCc1ccc(C(=O)C=CC2CCCCC2)cc1. The van der Waals surface area contributed by atoms with Crippen LogP contribution in [-0.2, 0) is 16.1 Å². The smallest absolute Gasteiger partial charge is 0.185 e. The Morgan fingerprint density at radius 1 is 1.13 bits per heavy atom. The number of benzene rings is 1. The Kier molecular flexibility index (Phi) is 11.2. The summed E-state index contributed by atoms with van der Waals surface area (Å²) >= 11 is 0. The first-order valence-electron chi connectivity index (χ1n) is 11.5. The number of ketones is 2. The van der Waals surface area contributed by atoms with E-state index >= 15 is 0 Å². The first-order valence-corrected chi connectivity index (χ1v) is 11.5. The van der Waals surface area contributed by atoms with Crippen molar-refractivity contribution in [3.05, 3.63) is 71.8 Å². The number of carbonyl (C=O) groups excluding carboxylic acids is 2. The predicted molar refractivity (Wildman–Crippen MR) is 125 cm³/mol. The molecule has 1 fully saturated rings. The Bertz CT molecular complexity index is 767. The van der Waals surface area contributed by atoms with Gasteiger partial charge in [0.05, 0.1) is 6.61 Å². The number of aliphatic hydroxyl groups excluding tert-OH is 1. The third-order valence-electron chi connectivity index (χ3n) is 5.78. The van der Waals surface area contributed by atoms with Crippen LogP contribution in [0.2, 0.25) is 0 Å². The summed E-state index contributed by atoms with van der Waals surface area (Å²) in [5.41, 5.74) is 1.54. The van der Waals surface area contributed by atoms with Gasteiger partial charge in [-0.05, 0) is 62.3 Å². The van der Waals surface area contributed by atoms with E-state index < -0.39 is 6.29 Å². The van der Waals surface area contributed by atoms with Gasteiger partial charge in [-0.3, -0.25) is 9.59 Å². The lowest BCUT2D eigenvalue weighted by Gasteiger charge is -2.17. The second kappa shape index (κ2) is 13.9. The average Bonchev–Trinajstić information content (AvgIpc) is 2.80. The van der Waals surface area contributed by atoms with Gasteiger partial charge in [0, 0.05) is 11.5 Å². The van der Waals surface area contributed by atoms with E-state index in [0.29, 0.717) is 17.9 Å². The third-order valence-corrected chi connectivity index (χ3v) is 5.78. The molecule has 0 aliphatic heterocycles. The van der Waals surface area contributed by atoms with Crippen molar-refractivity contribution in [1.82, 2.24) is 0 Å². The van der Waals surface area contributed by atoms with Crippen LogP contribution < -0.4 is 0 Å². The predicted octanol–water partition coefficient (Wildman–Crippen LogP) is 5.96. The molecule has 0 aromatic heterocycles. The first-order chi connectivity index (χ1) is 15.0. The van der Waals surface area contributed by atoms with Gasteiger partial charge in [0.15, 0.2) is 17.9 Å². The second-order valence-corrected chi connectivity index (χ2v) is 8.19. The number of aliphatic hydroxyl groups is 1. The van der Waals surface area contributed by atoms with E-state index in [1.165, 1.54) is 32.1 Å². The van der Waals surface area contributed by atoms with Crippen LogP contribution in [0.25, 0.3) is 0 Å². The first kappa shape index (κ1) is 25.0. The van der Waals surface area contributed by atoms with E-state index in [2.05, 4.69) is 6.08 Å². The highest BCUT2D eigenvalue weighted by Gasteiger charge is 2.12. The second-order valence-electron chi connectivity index (χ2n) is 8.19. The Balaban J connectivity index is 1.77. The van der Waals surface area contributed by atoms with E-state index in [4.69, 9.17) is 4.74 Å². The molecule has 31 heavy (non-hydrogen) atoms. The largest absolute Gasteiger partial charge is 0.365 e. The lowest BCUT2D eigenvalue weighted by Crippen LogP contribution is -2.11. The summed E-state index contributed by atoms with van der Waals surface area (Å²) in [6, 6.07) is 7.29. The summed E-state index contributed by atoms with van der Waals surface area (Å²) in [7, 11) is 0. The molecule has 2 atom stereocenters. The summed E-state index contributed by atoms with van der Waals surface area (Å²) in [4.78, 5) is 24.3. The van der Waals surface area contributed by atoms with Gasteiger partial charge >= 0.3 is 0 Å². The summed E-state index contributed by atoms with van der Waals surface area (Å²) in [6.07, 6.45) is 17.0. The van der Waals surface area contributed by atoms with Crippen LogP contribution in [-0.4, -0.2) is 23.0 Å². The van der Waals surface area contributed by atoms with E-state index in [0.717, 1.165) is 12.0 Å². The minimum absolute atomic E-state index is 0.0268. The quantitative estimate of drug-likeness (QED) is 0.195. The molecular formula is C27H36O4. The fourth-order valence-electron chi connectivity index (χ4n) is 3.79. The van der Waals surface area contributed by atoms with E-state index in [1.807, 2.05) is 26.0 Å². The Labute approximate surface area is 186 Å². The van der Waals surface area contributed by atoms with Crippen molar-refractivity contribution in [1.29, 1.82) is 0 Å². The van der Waals surface area contributed by atoms with E-state index in [1.54, 1.807) is 42.5 Å². The van der Waals surface area contributed by atoms with Gasteiger partial charge in [-0.15, -0.1) is 0 Å². The highest BCUT2D eigenvalue weighted by atomic mass is 16.6. The van der Waals surface area contributed by atoms with Crippen LogP contribution in [0.4, 0.5) is 0 Å². The summed E-state index contributed by atoms with van der Waals surface area (Å²) in [5.74, 6) is 0.595. The lowest BCUT2D eigenvalue weighted by molar-refractivity contribution is -0.118. The number of hydrogen-bond acceptors (Lipinski definition) is 4. The van der Waals surface area contributed by atoms with Crippen molar-refractivity contribution in [3.8, 4) is 0 Å². The van der Waals surface area contributed by atoms with E-state index in [9.17, 15) is 14.7 Å². The summed E-state index contributed by atoms with van der Waals surface area (Å²) < 4.78 is 5.45. The van der Waals surface area contributed by atoms with Gasteiger partial charge in [-0.1, -0.05) is 68.7 Å². The summed E-state index contributed by atoms with van der Waals surface area (Å²) in [6.45, 7) is 4.05. The van der Waals surface area contributed by atoms with Gasteiger partial charge in [0.1, 0.15) is 0 Å². The maximum absolute atomic E-state index is 12.4. The fraction of sp³-hybridized carbons (Fsp3) is 0.481. The van der Waals surface area contributed by atoms with Crippen LogP contribution in [0.5, 0.6) is 0 Å².